The third kappa shape index (κ3) is 12.2. The van der Waals surface area contributed by atoms with E-state index in [4.69, 9.17) is 33.3 Å². The van der Waals surface area contributed by atoms with Crippen LogP contribution in [0.4, 0.5) is 0 Å². The normalized spacial score (nSPS) is 21.1. The van der Waals surface area contributed by atoms with Crippen molar-refractivity contribution < 1.29 is 33.3 Å². The highest BCUT2D eigenvalue weighted by molar-refractivity contribution is 4.42. The van der Waals surface area contributed by atoms with Gasteiger partial charge in [-0.2, -0.15) is 5.06 Å². The summed E-state index contributed by atoms with van der Waals surface area (Å²) in [6.45, 7) is 7.00. The Morgan fingerprint density at radius 3 is 1.95 bits per heavy atom. The molecule has 0 aromatic carbocycles. The van der Waals surface area contributed by atoms with Crippen LogP contribution in [0.15, 0.2) is 0 Å². The zero-order chi connectivity index (χ0) is 15.7. The monoisotopic (exact) mass is 323 g/mol. The number of nitrogens with zero attached hydrogens (tertiary/aromatic N) is 1. The lowest BCUT2D eigenvalue weighted by molar-refractivity contribution is -0.221. The fraction of sp³-hybridized carbons (Fsp3) is 1.00. The van der Waals surface area contributed by atoms with Gasteiger partial charge < -0.3 is 28.4 Å². The third-order valence-corrected chi connectivity index (χ3v) is 2.77. The molecule has 1 fully saturated rings. The lowest BCUT2D eigenvalue weighted by atomic mass is 10.6. The maximum Gasteiger partial charge on any atom is 0.122 e. The van der Waals surface area contributed by atoms with Crippen molar-refractivity contribution in [1.29, 1.82) is 0 Å². The first-order chi connectivity index (χ1) is 10.9. The minimum atomic E-state index is 0.369. The number of methoxy groups -OCH3 is 1. The number of hydroxylamine groups is 2. The van der Waals surface area contributed by atoms with Crippen LogP contribution >= 0.6 is 0 Å². The van der Waals surface area contributed by atoms with Crippen LogP contribution in [0.2, 0.25) is 0 Å². The van der Waals surface area contributed by atoms with Gasteiger partial charge in [0.1, 0.15) is 6.73 Å². The van der Waals surface area contributed by atoms with Crippen molar-refractivity contribution in [2.24, 2.45) is 0 Å². The van der Waals surface area contributed by atoms with E-state index in [1.807, 2.05) is 0 Å². The molecular formula is C14H29NO7. The molecule has 0 N–H and O–H groups in total. The number of rotatable bonds is 6. The van der Waals surface area contributed by atoms with E-state index >= 15 is 0 Å². The molecule has 0 aromatic rings. The van der Waals surface area contributed by atoms with Gasteiger partial charge in [0.15, 0.2) is 0 Å². The van der Waals surface area contributed by atoms with Gasteiger partial charge in [0.25, 0.3) is 0 Å². The number of ether oxygens (including phenoxy) is 6. The third-order valence-electron chi connectivity index (χ3n) is 2.77. The molecule has 132 valence electrons. The first-order valence-electron chi connectivity index (χ1n) is 7.69. The second kappa shape index (κ2) is 15.6. The molecule has 1 rings (SSSR count). The summed E-state index contributed by atoms with van der Waals surface area (Å²) in [6, 6.07) is 0. The predicted molar refractivity (Wildman–Crippen MR) is 78.6 cm³/mol. The quantitative estimate of drug-likeness (QED) is 0.629. The average Bonchev–Trinajstić information content (AvgIpc) is 2.54. The van der Waals surface area contributed by atoms with Crippen LogP contribution in [0.1, 0.15) is 0 Å². The zero-order valence-corrected chi connectivity index (χ0v) is 13.5. The fourth-order valence-electron chi connectivity index (χ4n) is 1.63. The van der Waals surface area contributed by atoms with Gasteiger partial charge in [0.2, 0.25) is 0 Å². The van der Waals surface area contributed by atoms with E-state index in [2.05, 4.69) is 0 Å². The smallest absolute Gasteiger partial charge is 0.122 e. The Morgan fingerprint density at radius 1 is 0.727 bits per heavy atom. The SMILES string of the molecule is COCCOCCN1COCCOCCOCCOCCO1. The predicted octanol–water partition coefficient (Wildman–Crippen LogP) is -0.0795. The number of hydrogen-bond acceptors (Lipinski definition) is 8. The van der Waals surface area contributed by atoms with Crippen molar-refractivity contribution in [3.8, 4) is 0 Å². The Kier molecular flexibility index (Phi) is 14.0. The van der Waals surface area contributed by atoms with Crippen LogP contribution in [0.5, 0.6) is 0 Å². The van der Waals surface area contributed by atoms with Crippen LogP contribution in [0.25, 0.3) is 0 Å². The molecule has 0 amide bonds. The van der Waals surface area contributed by atoms with Crippen molar-refractivity contribution >= 4 is 0 Å². The summed E-state index contributed by atoms with van der Waals surface area (Å²) in [6.07, 6.45) is 0. The Morgan fingerprint density at radius 2 is 1.32 bits per heavy atom. The topological polar surface area (TPSA) is 67.9 Å². The molecule has 0 radical (unpaired) electrons. The van der Waals surface area contributed by atoms with Gasteiger partial charge in [-0.15, -0.1) is 0 Å². The molecule has 22 heavy (non-hydrogen) atoms. The van der Waals surface area contributed by atoms with E-state index < -0.39 is 0 Å². The molecule has 0 spiro atoms. The molecule has 1 aliphatic heterocycles. The van der Waals surface area contributed by atoms with Crippen LogP contribution in [-0.2, 0) is 33.3 Å². The molecule has 1 saturated heterocycles. The second-order valence-electron chi connectivity index (χ2n) is 4.52. The first-order valence-corrected chi connectivity index (χ1v) is 7.69. The van der Waals surface area contributed by atoms with Crippen LogP contribution in [-0.4, -0.2) is 98.1 Å². The Hall–Kier alpha value is -0.320. The van der Waals surface area contributed by atoms with Gasteiger partial charge >= 0.3 is 0 Å². The van der Waals surface area contributed by atoms with Crippen LogP contribution < -0.4 is 0 Å². The van der Waals surface area contributed by atoms with Gasteiger partial charge in [-0.05, 0) is 0 Å². The van der Waals surface area contributed by atoms with Crippen molar-refractivity contribution in [2.45, 2.75) is 0 Å². The summed E-state index contributed by atoms with van der Waals surface area (Å²) >= 11 is 0. The minimum absolute atomic E-state index is 0.369. The van der Waals surface area contributed by atoms with Gasteiger partial charge in [0.05, 0.1) is 79.2 Å². The molecule has 0 bridgehead atoms. The average molecular weight is 323 g/mol. The van der Waals surface area contributed by atoms with E-state index in [0.29, 0.717) is 86.0 Å². The summed E-state index contributed by atoms with van der Waals surface area (Å²) < 4.78 is 32.0. The highest BCUT2D eigenvalue weighted by Crippen LogP contribution is 1.94. The molecule has 0 aliphatic carbocycles. The molecule has 0 saturated carbocycles. The molecular weight excluding hydrogens is 294 g/mol. The van der Waals surface area contributed by atoms with E-state index in [1.165, 1.54) is 0 Å². The van der Waals surface area contributed by atoms with E-state index in [9.17, 15) is 0 Å². The molecule has 8 heteroatoms. The largest absolute Gasteiger partial charge is 0.382 e. The Bertz CT molecular complexity index is 217. The van der Waals surface area contributed by atoms with Gasteiger partial charge in [0, 0.05) is 7.11 Å². The van der Waals surface area contributed by atoms with Crippen molar-refractivity contribution in [1.82, 2.24) is 5.06 Å². The summed E-state index contributed by atoms with van der Waals surface area (Å²) in [5.41, 5.74) is 0. The molecule has 1 aliphatic rings. The summed E-state index contributed by atoms with van der Waals surface area (Å²) in [5, 5.41) is 1.73. The van der Waals surface area contributed by atoms with Gasteiger partial charge in [-0.25, -0.2) is 0 Å². The molecule has 0 aromatic heterocycles. The lowest BCUT2D eigenvalue weighted by Crippen LogP contribution is -2.32. The highest BCUT2D eigenvalue weighted by atomic mass is 16.7. The second-order valence-corrected chi connectivity index (χ2v) is 4.52. The Balaban J connectivity index is 2.18. The molecule has 1 heterocycles. The Labute approximate surface area is 132 Å². The first kappa shape index (κ1) is 19.7. The highest BCUT2D eigenvalue weighted by Gasteiger charge is 2.06. The van der Waals surface area contributed by atoms with E-state index in [1.54, 1.807) is 12.2 Å². The maximum absolute atomic E-state index is 5.62. The fourth-order valence-corrected chi connectivity index (χ4v) is 1.63. The van der Waals surface area contributed by atoms with Crippen LogP contribution in [0.3, 0.4) is 0 Å². The standard InChI is InChI=1S/C14H29NO7/c1-16-4-5-17-3-2-15-14-21-11-10-19-7-6-18-8-9-20-12-13-22-15/h2-14H2,1H3. The molecule has 0 atom stereocenters. The lowest BCUT2D eigenvalue weighted by Gasteiger charge is -2.21. The van der Waals surface area contributed by atoms with Crippen molar-refractivity contribution in [2.75, 3.05) is 93.1 Å². The van der Waals surface area contributed by atoms with Crippen molar-refractivity contribution in [3.63, 3.8) is 0 Å². The summed E-state index contributed by atoms with van der Waals surface area (Å²) in [5.74, 6) is 0. The van der Waals surface area contributed by atoms with Crippen LogP contribution in [0, 0.1) is 0 Å². The molecule has 8 nitrogen and oxygen atoms in total. The summed E-state index contributed by atoms with van der Waals surface area (Å²) in [4.78, 5) is 5.62. The summed E-state index contributed by atoms with van der Waals surface area (Å²) in [7, 11) is 1.65. The minimum Gasteiger partial charge on any atom is -0.382 e. The molecule has 0 unspecified atom stereocenters. The van der Waals surface area contributed by atoms with Crippen molar-refractivity contribution in [3.05, 3.63) is 0 Å². The zero-order valence-electron chi connectivity index (χ0n) is 13.5. The van der Waals surface area contributed by atoms with E-state index in [0.717, 1.165) is 0 Å². The maximum atomic E-state index is 5.62. The van der Waals surface area contributed by atoms with Gasteiger partial charge in [-0.1, -0.05) is 0 Å². The van der Waals surface area contributed by atoms with E-state index in [-0.39, 0.29) is 0 Å². The number of hydrogen-bond donors (Lipinski definition) is 0. The van der Waals surface area contributed by atoms with Gasteiger partial charge in [-0.3, -0.25) is 4.84 Å².